The van der Waals surface area contributed by atoms with Crippen molar-refractivity contribution in [2.75, 3.05) is 13.1 Å². The minimum atomic E-state index is -0.821. The fraction of sp³-hybridized carbons (Fsp3) is 0.455. The molecule has 0 aliphatic carbocycles. The van der Waals surface area contributed by atoms with Crippen LogP contribution in [0.3, 0.4) is 0 Å². The van der Waals surface area contributed by atoms with Crippen LogP contribution in [0, 0.1) is 0 Å². The lowest BCUT2D eigenvalue weighted by atomic mass is 10.2. The maximum Gasteiger partial charge on any atom is 0.317 e. The van der Waals surface area contributed by atoms with Crippen LogP contribution in [0.2, 0.25) is 5.02 Å². The van der Waals surface area contributed by atoms with Gasteiger partial charge in [0.2, 0.25) is 0 Å². The molecule has 0 fully saturated rings. The summed E-state index contributed by atoms with van der Waals surface area (Å²) in [6.07, 6.45) is 4.14. The molecule has 0 atom stereocenters. The number of carbonyl (C=O) groups is 1. The Morgan fingerprint density at radius 1 is 1.62 bits per heavy atom. The van der Waals surface area contributed by atoms with E-state index in [9.17, 15) is 4.79 Å². The van der Waals surface area contributed by atoms with Gasteiger partial charge < -0.3 is 5.11 Å². The zero-order valence-corrected chi connectivity index (χ0v) is 9.94. The van der Waals surface area contributed by atoms with Crippen molar-refractivity contribution in [2.45, 2.75) is 19.9 Å². The number of carboxylic acids is 1. The molecule has 0 amide bonds. The molecule has 16 heavy (non-hydrogen) atoms. The molecular formula is C11H15ClN2O2. The molecule has 88 valence electrons. The molecule has 0 radical (unpaired) electrons. The van der Waals surface area contributed by atoms with Crippen molar-refractivity contribution in [2.24, 2.45) is 0 Å². The van der Waals surface area contributed by atoms with E-state index in [-0.39, 0.29) is 6.54 Å². The molecule has 5 heteroatoms. The van der Waals surface area contributed by atoms with Crippen molar-refractivity contribution < 1.29 is 9.90 Å². The van der Waals surface area contributed by atoms with E-state index < -0.39 is 5.97 Å². The lowest BCUT2D eigenvalue weighted by Gasteiger charge is -2.19. The first-order chi connectivity index (χ1) is 7.63. The van der Waals surface area contributed by atoms with Gasteiger partial charge in [-0.2, -0.15) is 0 Å². The van der Waals surface area contributed by atoms with E-state index in [0.29, 0.717) is 11.6 Å². The van der Waals surface area contributed by atoms with Crippen LogP contribution in [0.1, 0.15) is 18.9 Å². The van der Waals surface area contributed by atoms with Crippen LogP contribution in [0.4, 0.5) is 0 Å². The highest BCUT2D eigenvalue weighted by Crippen LogP contribution is 2.15. The molecule has 0 saturated heterocycles. The van der Waals surface area contributed by atoms with Gasteiger partial charge in [-0.3, -0.25) is 14.7 Å². The van der Waals surface area contributed by atoms with Gasteiger partial charge in [0.15, 0.2) is 0 Å². The van der Waals surface area contributed by atoms with E-state index in [1.54, 1.807) is 12.4 Å². The Kier molecular flexibility index (Phi) is 5.22. The predicted molar refractivity (Wildman–Crippen MR) is 62.5 cm³/mol. The third kappa shape index (κ3) is 4.16. The molecule has 0 aliphatic heterocycles. The Morgan fingerprint density at radius 3 is 2.94 bits per heavy atom. The SMILES string of the molecule is CCCN(CC(=O)O)Cc1ccncc1Cl. The first-order valence-corrected chi connectivity index (χ1v) is 5.53. The van der Waals surface area contributed by atoms with Gasteiger partial charge in [0.25, 0.3) is 0 Å². The van der Waals surface area contributed by atoms with Crippen LogP contribution in [-0.2, 0) is 11.3 Å². The van der Waals surface area contributed by atoms with Crippen molar-refractivity contribution in [3.63, 3.8) is 0 Å². The second-order valence-electron chi connectivity index (χ2n) is 3.57. The summed E-state index contributed by atoms with van der Waals surface area (Å²) < 4.78 is 0. The summed E-state index contributed by atoms with van der Waals surface area (Å²) in [4.78, 5) is 16.4. The quantitative estimate of drug-likeness (QED) is 0.829. The average Bonchev–Trinajstić information content (AvgIpc) is 2.21. The summed E-state index contributed by atoms with van der Waals surface area (Å²) in [5, 5.41) is 9.35. The van der Waals surface area contributed by atoms with E-state index >= 15 is 0 Å². The molecule has 0 aliphatic rings. The molecule has 4 nitrogen and oxygen atoms in total. The highest BCUT2D eigenvalue weighted by molar-refractivity contribution is 6.31. The Balaban J connectivity index is 2.67. The highest BCUT2D eigenvalue weighted by Gasteiger charge is 2.10. The summed E-state index contributed by atoms with van der Waals surface area (Å²) in [6, 6.07) is 1.81. The lowest BCUT2D eigenvalue weighted by Crippen LogP contribution is -2.30. The molecule has 0 unspecified atom stereocenters. The van der Waals surface area contributed by atoms with Gasteiger partial charge in [-0.15, -0.1) is 0 Å². The van der Waals surface area contributed by atoms with Gasteiger partial charge in [0.05, 0.1) is 11.6 Å². The first kappa shape index (κ1) is 12.9. The summed E-state index contributed by atoms with van der Waals surface area (Å²) in [5.41, 5.74) is 0.909. The standard InChI is InChI=1S/C11H15ClN2O2/c1-2-5-14(8-11(15)16)7-9-3-4-13-6-10(9)12/h3-4,6H,2,5,7-8H2,1H3,(H,15,16). The number of rotatable bonds is 6. The van der Waals surface area contributed by atoms with Crippen molar-refractivity contribution in [1.82, 2.24) is 9.88 Å². The van der Waals surface area contributed by atoms with Gasteiger partial charge >= 0.3 is 5.97 Å². The van der Waals surface area contributed by atoms with Crippen LogP contribution in [-0.4, -0.2) is 34.0 Å². The summed E-state index contributed by atoms with van der Waals surface area (Å²) in [7, 11) is 0. The molecule has 1 aromatic rings. The molecule has 1 rings (SSSR count). The Bertz CT molecular complexity index is 358. The summed E-state index contributed by atoms with van der Waals surface area (Å²) in [6.45, 7) is 3.34. The molecular weight excluding hydrogens is 228 g/mol. The van der Waals surface area contributed by atoms with Gasteiger partial charge in [-0.1, -0.05) is 18.5 Å². The van der Waals surface area contributed by atoms with E-state index in [1.807, 2.05) is 17.9 Å². The zero-order valence-electron chi connectivity index (χ0n) is 9.19. The van der Waals surface area contributed by atoms with E-state index in [0.717, 1.165) is 18.5 Å². The summed E-state index contributed by atoms with van der Waals surface area (Å²) >= 11 is 5.97. The van der Waals surface area contributed by atoms with E-state index in [2.05, 4.69) is 4.98 Å². The fourth-order valence-electron chi connectivity index (χ4n) is 1.49. The normalized spacial score (nSPS) is 10.7. The third-order valence-electron chi connectivity index (χ3n) is 2.15. The topological polar surface area (TPSA) is 53.4 Å². The number of hydrogen-bond donors (Lipinski definition) is 1. The van der Waals surface area contributed by atoms with Crippen LogP contribution in [0.5, 0.6) is 0 Å². The maximum absolute atomic E-state index is 10.7. The number of aliphatic carboxylic acids is 1. The number of halogens is 1. The lowest BCUT2D eigenvalue weighted by molar-refractivity contribution is -0.138. The van der Waals surface area contributed by atoms with Gasteiger partial charge in [-0.25, -0.2) is 0 Å². The Labute approximate surface area is 99.9 Å². The van der Waals surface area contributed by atoms with Gasteiger partial charge in [0, 0.05) is 18.9 Å². The Hall–Kier alpha value is -1.13. The van der Waals surface area contributed by atoms with Crippen LogP contribution in [0.15, 0.2) is 18.5 Å². The fourth-order valence-corrected chi connectivity index (χ4v) is 1.67. The van der Waals surface area contributed by atoms with Crippen molar-refractivity contribution in [1.29, 1.82) is 0 Å². The largest absolute Gasteiger partial charge is 0.480 e. The number of nitrogens with zero attached hydrogens (tertiary/aromatic N) is 2. The van der Waals surface area contributed by atoms with E-state index in [1.165, 1.54) is 0 Å². The molecule has 0 aromatic carbocycles. The Morgan fingerprint density at radius 2 is 2.38 bits per heavy atom. The molecule has 0 saturated carbocycles. The molecule has 0 spiro atoms. The highest BCUT2D eigenvalue weighted by atomic mass is 35.5. The predicted octanol–water partition coefficient (Wildman–Crippen LogP) is 2.03. The van der Waals surface area contributed by atoms with E-state index in [4.69, 9.17) is 16.7 Å². The minimum Gasteiger partial charge on any atom is -0.480 e. The zero-order chi connectivity index (χ0) is 12.0. The molecule has 1 N–H and O–H groups in total. The first-order valence-electron chi connectivity index (χ1n) is 5.16. The summed E-state index contributed by atoms with van der Waals surface area (Å²) in [5.74, 6) is -0.821. The van der Waals surface area contributed by atoms with Crippen molar-refractivity contribution >= 4 is 17.6 Å². The van der Waals surface area contributed by atoms with Crippen molar-refractivity contribution in [3.8, 4) is 0 Å². The van der Waals surface area contributed by atoms with Gasteiger partial charge in [-0.05, 0) is 24.6 Å². The van der Waals surface area contributed by atoms with Crippen LogP contribution >= 0.6 is 11.6 Å². The van der Waals surface area contributed by atoms with Crippen LogP contribution in [0.25, 0.3) is 0 Å². The third-order valence-corrected chi connectivity index (χ3v) is 2.49. The second kappa shape index (κ2) is 6.45. The monoisotopic (exact) mass is 242 g/mol. The molecule has 1 heterocycles. The smallest absolute Gasteiger partial charge is 0.317 e. The van der Waals surface area contributed by atoms with Gasteiger partial charge in [0.1, 0.15) is 0 Å². The molecule has 1 aromatic heterocycles. The number of carboxylic acid groups (broad SMARTS) is 1. The average molecular weight is 243 g/mol. The number of hydrogen-bond acceptors (Lipinski definition) is 3. The molecule has 0 bridgehead atoms. The number of pyridine rings is 1. The van der Waals surface area contributed by atoms with Crippen molar-refractivity contribution in [3.05, 3.63) is 29.0 Å². The maximum atomic E-state index is 10.7. The number of aromatic nitrogens is 1. The van der Waals surface area contributed by atoms with Crippen LogP contribution < -0.4 is 0 Å². The minimum absolute atomic E-state index is 0.0342. The second-order valence-corrected chi connectivity index (χ2v) is 3.98.